The van der Waals surface area contributed by atoms with E-state index in [1.165, 1.54) is 18.0 Å². The van der Waals surface area contributed by atoms with Crippen LogP contribution in [0.5, 0.6) is 5.75 Å². The van der Waals surface area contributed by atoms with Crippen LogP contribution >= 0.6 is 15.9 Å². The van der Waals surface area contributed by atoms with E-state index in [4.69, 9.17) is 9.15 Å². The molecule has 0 N–H and O–H groups in total. The van der Waals surface area contributed by atoms with Gasteiger partial charge < -0.3 is 14.1 Å². The van der Waals surface area contributed by atoms with Gasteiger partial charge in [0.25, 0.3) is 5.91 Å². The molecule has 0 spiro atoms. The van der Waals surface area contributed by atoms with E-state index in [1.54, 1.807) is 12.1 Å². The van der Waals surface area contributed by atoms with Crippen LogP contribution in [0.2, 0.25) is 0 Å². The topological polar surface area (TPSA) is 42.7 Å². The van der Waals surface area contributed by atoms with E-state index in [2.05, 4.69) is 15.9 Å². The molecular formula is C20H16BrF2NO3. The molecule has 0 aliphatic rings. The van der Waals surface area contributed by atoms with Crippen LogP contribution in [0.25, 0.3) is 0 Å². The first-order valence-corrected chi connectivity index (χ1v) is 8.88. The third kappa shape index (κ3) is 4.95. The molecule has 0 aliphatic heterocycles. The maximum absolute atomic E-state index is 13.7. The summed E-state index contributed by atoms with van der Waals surface area (Å²) in [6.45, 7) is 0.168. The summed E-state index contributed by atoms with van der Waals surface area (Å²) in [5.41, 5.74) is 0.220. The highest BCUT2D eigenvalue weighted by molar-refractivity contribution is 9.10. The van der Waals surface area contributed by atoms with Crippen LogP contribution in [0.15, 0.2) is 63.5 Å². The van der Waals surface area contributed by atoms with Gasteiger partial charge in [-0.2, -0.15) is 0 Å². The zero-order valence-electron chi connectivity index (χ0n) is 14.4. The molecule has 140 valence electrons. The summed E-state index contributed by atoms with van der Waals surface area (Å²) in [6.07, 6.45) is 0. The number of benzene rings is 2. The minimum absolute atomic E-state index is 0.00360. The predicted octanol–water partition coefficient (Wildman–Crippen LogP) is 5.17. The van der Waals surface area contributed by atoms with Crippen molar-refractivity contribution in [3.05, 3.63) is 87.8 Å². The molecule has 1 heterocycles. The van der Waals surface area contributed by atoms with E-state index in [0.717, 1.165) is 16.6 Å². The monoisotopic (exact) mass is 435 g/mol. The Morgan fingerprint density at radius 2 is 1.85 bits per heavy atom. The lowest BCUT2D eigenvalue weighted by Gasteiger charge is -2.16. The van der Waals surface area contributed by atoms with Crippen LogP contribution in [-0.2, 0) is 13.2 Å². The van der Waals surface area contributed by atoms with Crippen molar-refractivity contribution in [1.29, 1.82) is 0 Å². The Balaban J connectivity index is 1.60. The molecule has 3 aromatic rings. The zero-order valence-corrected chi connectivity index (χ0v) is 16.0. The smallest absolute Gasteiger partial charge is 0.289 e. The molecule has 0 fully saturated rings. The van der Waals surface area contributed by atoms with Gasteiger partial charge in [0.15, 0.2) is 5.76 Å². The summed E-state index contributed by atoms with van der Waals surface area (Å²) in [4.78, 5) is 13.7. The van der Waals surface area contributed by atoms with Crippen LogP contribution in [0.1, 0.15) is 21.9 Å². The first-order chi connectivity index (χ1) is 12.9. The Kier molecular flexibility index (Phi) is 5.91. The van der Waals surface area contributed by atoms with E-state index in [1.807, 2.05) is 24.3 Å². The van der Waals surface area contributed by atoms with Crippen molar-refractivity contribution in [2.75, 3.05) is 7.05 Å². The fourth-order valence-electron chi connectivity index (χ4n) is 2.42. The fourth-order valence-corrected chi connectivity index (χ4v) is 2.69. The van der Waals surface area contributed by atoms with Gasteiger partial charge in [-0.15, -0.1) is 0 Å². The maximum atomic E-state index is 13.7. The summed E-state index contributed by atoms with van der Waals surface area (Å²) in [5.74, 6) is -0.485. The Morgan fingerprint density at radius 3 is 2.56 bits per heavy atom. The van der Waals surface area contributed by atoms with Crippen LogP contribution in [0, 0.1) is 11.6 Å². The summed E-state index contributed by atoms with van der Waals surface area (Å²) < 4.78 is 38.8. The molecule has 0 saturated carbocycles. The normalized spacial score (nSPS) is 10.7. The van der Waals surface area contributed by atoms with Gasteiger partial charge in [-0.1, -0.05) is 22.0 Å². The Labute approximate surface area is 163 Å². The second-order valence-electron chi connectivity index (χ2n) is 5.91. The molecule has 2 aromatic carbocycles. The van der Waals surface area contributed by atoms with Crippen LogP contribution in [0.4, 0.5) is 8.78 Å². The van der Waals surface area contributed by atoms with Crippen molar-refractivity contribution in [3.63, 3.8) is 0 Å². The van der Waals surface area contributed by atoms with Gasteiger partial charge in [-0.05, 0) is 42.5 Å². The lowest BCUT2D eigenvalue weighted by Crippen LogP contribution is -2.26. The molecule has 4 nitrogen and oxygen atoms in total. The van der Waals surface area contributed by atoms with E-state index in [-0.39, 0.29) is 24.5 Å². The summed E-state index contributed by atoms with van der Waals surface area (Å²) in [6, 6.07) is 13.8. The number of furan rings is 1. The van der Waals surface area contributed by atoms with Crippen molar-refractivity contribution in [1.82, 2.24) is 4.90 Å². The van der Waals surface area contributed by atoms with Gasteiger partial charge in [-0.3, -0.25) is 4.79 Å². The molecular weight excluding hydrogens is 420 g/mol. The van der Waals surface area contributed by atoms with Gasteiger partial charge in [-0.25, -0.2) is 8.78 Å². The molecule has 0 radical (unpaired) electrons. The molecule has 1 aromatic heterocycles. The SMILES string of the molecule is CN(Cc1ccc(F)cc1F)C(=O)c1ccc(COc2ccc(Br)cc2)o1. The van der Waals surface area contributed by atoms with Crippen molar-refractivity contribution >= 4 is 21.8 Å². The van der Waals surface area contributed by atoms with Crippen molar-refractivity contribution in [2.45, 2.75) is 13.2 Å². The van der Waals surface area contributed by atoms with E-state index >= 15 is 0 Å². The number of amides is 1. The number of rotatable bonds is 6. The summed E-state index contributed by atoms with van der Waals surface area (Å²) >= 11 is 3.35. The number of nitrogens with zero attached hydrogens (tertiary/aromatic N) is 1. The fraction of sp³-hybridized carbons (Fsp3) is 0.150. The van der Waals surface area contributed by atoms with Crippen molar-refractivity contribution < 1.29 is 22.7 Å². The Morgan fingerprint density at radius 1 is 1.11 bits per heavy atom. The quantitative estimate of drug-likeness (QED) is 0.536. The largest absolute Gasteiger partial charge is 0.486 e. The van der Waals surface area contributed by atoms with Gasteiger partial charge in [0.05, 0.1) is 0 Å². The molecule has 3 rings (SSSR count). The number of carbonyl (C=O) groups excluding carboxylic acids is 1. The lowest BCUT2D eigenvalue weighted by atomic mass is 10.2. The molecule has 0 unspecified atom stereocenters. The minimum Gasteiger partial charge on any atom is -0.486 e. The van der Waals surface area contributed by atoms with E-state index in [0.29, 0.717) is 11.5 Å². The molecule has 0 aliphatic carbocycles. The second-order valence-corrected chi connectivity index (χ2v) is 6.82. The molecule has 0 bridgehead atoms. The minimum atomic E-state index is -0.697. The molecule has 27 heavy (non-hydrogen) atoms. The number of hydrogen-bond donors (Lipinski definition) is 0. The first kappa shape index (κ1) is 19.1. The number of ether oxygens (including phenoxy) is 1. The molecule has 0 atom stereocenters. The third-order valence-corrected chi connectivity index (χ3v) is 4.37. The average molecular weight is 436 g/mol. The van der Waals surface area contributed by atoms with Crippen LogP contribution in [-0.4, -0.2) is 17.9 Å². The summed E-state index contributed by atoms with van der Waals surface area (Å²) in [5, 5.41) is 0. The number of halogens is 3. The third-order valence-electron chi connectivity index (χ3n) is 3.84. The second kappa shape index (κ2) is 8.35. The van der Waals surface area contributed by atoms with Crippen LogP contribution < -0.4 is 4.74 Å². The van der Waals surface area contributed by atoms with Crippen molar-refractivity contribution in [3.8, 4) is 5.75 Å². The molecule has 7 heteroatoms. The number of carbonyl (C=O) groups is 1. The first-order valence-electron chi connectivity index (χ1n) is 8.09. The average Bonchev–Trinajstić information content (AvgIpc) is 3.12. The highest BCUT2D eigenvalue weighted by atomic mass is 79.9. The highest BCUT2D eigenvalue weighted by Crippen LogP contribution is 2.19. The van der Waals surface area contributed by atoms with Crippen molar-refractivity contribution in [2.24, 2.45) is 0 Å². The van der Waals surface area contributed by atoms with Gasteiger partial charge in [0.2, 0.25) is 0 Å². The maximum Gasteiger partial charge on any atom is 0.289 e. The van der Waals surface area contributed by atoms with Crippen LogP contribution in [0.3, 0.4) is 0 Å². The predicted molar refractivity (Wildman–Crippen MR) is 99.3 cm³/mol. The Hall–Kier alpha value is -2.67. The summed E-state index contributed by atoms with van der Waals surface area (Å²) in [7, 11) is 1.52. The van der Waals surface area contributed by atoms with E-state index in [9.17, 15) is 13.6 Å². The zero-order chi connectivity index (χ0) is 19.4. The highest BCUT2D eigenvalue weighted by Gasteiger charge is 2.18. The van der Waals surface area contributed by atoms with Gasteiger partial charge >= 0.3 is 0 Å². The van der Waals surface area contributed by atoms with E-state index < -0.39 is 17.5 Å². The lowest BCUT2D eigenvalue weighted by molar-refractivity contribution is 0.0748. The number of hydrogen-bond acceptors (Lipinski definition) is 3. The standard InChI is InChI=1S/C20H16BrF2NO3/c1-24(11-13-2-5-15(22)10-18(13)23)20(25)19-9-8-17(27-19)12-26-16-6-3-14(21)4-7-16/h2-10H,11-12H2,1H3. The van der Waals surface area contributed by atoms with Gasteiger partial charge in [0, 0.05) is 29.7 Å². The van der Waals surface area contributed by atoms with Gasteiger partial charge in [0.1, 0.15) is 29.8 Å². The molecule has 0 saturated heterocycles. The Bertz CT molecular complexity index is 941. The molecule has 1 amide bonds.